The molecule has 0 aliphatic carbocycles. The lowest BCUT2D eigenvalue weighted by molar-refractivity contribution is 0.259. The number of sulfonamides is 1. The molecule has 0 amide bonds. The van der Waals surface area contributed by atoms with Gasteiger partial charge in [0.05, 0.1) is 4.75 Å². The molecule has 1 aliphatic heterocycles. The first-order valence-corrected chi connectivity index (χ1v) is 6.83. The molecule has 1 fully saturated rings. The minimum absolute atomic E-state index is 0.147. The maximum absolute atomic E-state index is 12.1. The highest BCUT2D eigenvalue weighted by molar-refractivity contribution is 7.90. The second kappa shape index (κ2) is 4.39. The molecule has 1 unspecified atom stereocenters. The van der Waals surface area contributed by atoms with E-state index in [0.717, 1.165) is 6.42 Å². The molecule has 5 heteroatoms. The standard InChI is InChI=1S/C10H21NO3S/c1-10(2,3)15(13,14)11-6-4-9(8-11)5-7-12/h9,12H,4-8H2,1-3H3. The topological polar surface area (TPSA) is 57.6 Å². The molecule has 0 aromatic rings. The van der Waals surface area contributed by atoms with E-state index in [4.69, 9.17) is 5.11 Å². The van der Waals surface area contributed by atoms with Crippen LogP contribution in [-0.4, -0.2) is 42.3 Å². The van der Waals surface area contributed by atoms with Gasteiger partial charge in [-0.25, -0.2) is 12.7 Å². The maximum atomic E-state index is 12.1. The molecule has 1 N–H and O–H groups in total. The summed E-state index contributed by atoms with van der Waals surface area (Å²) >= 11 is 0. The molecule has 4 nitrogen and oxygen atoms in total. The molecule has 1 saturated heterocycles. The van der Waals surface area contributed by atoms with Gasteiger partial charge in [-0.1, -0.05) is 0 Å². The third-order valence-electron chi connectivity index (χ3n) is 2.90. The van der Waals surface area contributed by atoms with Crippen molar-refractivity contribution in [3.63, 3.8) is 0 Å². The molecular weight excluding hydrogens is 214 g/mol. The average molecular weight is 235 g/mol. The SMILES string of the molecule is CC(C)(C)S(=O)(=O)N1CCC(CCO)C1. The molecule has 0 saturated carbocycles. The van der Waals surface area contributed by atoms with E-state index in [-0.39, 0.29) is 6.61 Å². The molecule has 1 heterocycles. The number of hydrogen-bond acceptors (Lipinski definition) is 3. The molecule has 0 spiro atoms. The van der Waals surface area contributed by atoms with Crippen molar-refractivity contribution in [2.75, 3.05) is 19.7 Å². The van der Waals surface area contributed by atoms with Gasteiger partial charge >= 0.3 is 0 Å². The Labute approximate surface area is 92.3 Å². The normalized spacial score (nSPS) is 24.7. The summed E-state index contributed by atoms with van der Waals surface area (Å²) in [7, 11) is -3.18. The summed E-state index contributed by atoms with van der Waals surface area (Å²) in [6.07, 6.45) is 1.58. The highest BCUT2D eigenvalue weighted by atomic mass is 32.2. The summed E-state index contributed by atoms with van der Waals surface area (Å²) in [4.78, 5) is 0. The van der Waals surface area contributed by atoms with Crippen LogP contribution in [0, 0.1) is 5.92 Å². The monoisotopic (exact) mass is 235 g/mol. The lowest BCUT2D eigenvalue weighted by Crippen LogP contribution is -2.41. The number of aliphatic hydroxyl groups excluding tert-OH is 1. The van der Waals surface area contributed by atoms with Gasteiger partial charge in [0.15, 0.2) is 0 Å². The Balaban J connectivity index is 2.69. The summed E-state index contributed by atoms with van der Waals surface area (Å²) in [5, 5.41) is 8.81. The van der Waals surface area contributed by atoms with Crippen LogP contribution in [0.5, 0.6) is 0 Å². The quantitative estimate of drug-likeness (QED) is 0.788. The smallest absolute Gasteiger partial charge is 0.219 e. The third-order valence-corrected chi connectivity index (χ3v) is 5.46. The second-order valence-electron chi connectivity index (χ2n) is 5.14. The molecule has 1 rings (SSSR count). The molecule has 90 valence electrons. The zero-order valence-electron chi connectivity index (χ0n) is 9.73. The van der Waals surface area contributed by atoms with E-state index in [1.54, 1.807) is 25.1 Å². The van der Waals surface area contributed by atoms with Crippen LogP contribution in [0.15, 0.2) is 0 Å². The van der Waals surface area contributed by atoms with E-state index in [9.17, 15) is 8.42 Å². The van der Waals surface area contributed by atoms with Gasteiger partial charge in [0, 0.05) is 19.7 Å². The lowest BCUT2D eigenvalue weighted by atomic mass is 10.1. The van der Waals surface area contributed by atoms with Crippen LogP contribution >= 0.6 is 0 Å². The average Bonchev–Trinajstić information content (AvgIpc) is 2.51. The maximum Gasteiger partial charge on any atom is 0.219 e. The summed E-state index contributed by atoms with van der Waals surface area (Å²) in [6.45, 7) is 6.49. The molecule has 0 radical (unpaired) electrons. The van der Waals surface area contributed by atoms with Crippen LogP contribution in [0.4, 0.5) is 0 Å². The third kappa shape index (κ3) is 2.71. The van der Waals surface area contributed by atoms with Gasteiger partial charge in [0.25, 0.3) is 0 Å². The number of rotatable bonds is 3. The van der Waals surface area contributed by atoms with Crippen LogP contribution in [0.2, 0.25) is 0 Å². The molecular formula is C10H21NO3S. The van der Waals surface area contributed by atoms with Gasteiger partial charge in [0.1, 0.15) is 0 Å². The fourth-order valence-electron chi connectivity index (χ4n) is 1.82. The van der Waals surface area contributed by atoms with E-state index in [1.165, 1.54) is 0 Å². The molecule has 1 aliphatic rings. The zero-order chi connectivity index (χ0) is 11.7. The molecule has 0 aromatic heterocycles. The second-order valence-corrected chi connectivity index (χ2v) is 7.83. The number of aliphatic hydroxyl groups is 1. The minimum Gasteiger partial charge on any atom is -0.396 e. The summed E-state index contributed by atoms with van der Waals surface area (Å²) in [6, 6.07) is 0. The Morgan fingerprint density at radius 2 is 2.00 bits per heavy atom. The van der Waals surface area contributed by atoms with Gasteiger partial charge in [-0.3, -0.25) is 0 Å². The Morgan fingerprint density at radius 1 is 1.40 bits per heavy atom. The molecule has 15 heavy (non-hydrogen) atoms. The van der Waals surface area contributed by atoms with Gasteiger partial charge < -0.3 is 5.11 Å². The largest absolute Gasteiger partial charge is 0.396 e. The van der Waals surface area contributed by atoms with Crippen LogP contribution in [0.3, 0.4) is 0 Å². The number of hydrogen-bond donors (Lipinski definition) is 1. The van der Waals surface area contributed by atoms with Crippen molar-refractivity contribution in [3.8, 4) is 0 Å². The van der Waals surface area contributed by atoms with Crippen molar-refractivity contribution in [2.45, 2.75) is 38.4 Å². The van der Waals surface area contributed by atoms with E-state index in [0.29, 0.717) is 25.4 Å². The van der Waals surface area contributed by atoms with Crippen LogP contribution in [0.25, 0.3) is 0 Å². The van der Waals surface area contributed by atoms with Crippen molar-refractivity contribution in [1.82, 2.24) is 4.31 Å². The van der Waals surface area contributed by atoms with Gasteiger partial charge in [-0.2, -0.15) is 0 Å². The van der Waals surface area contributed by atoms with Crippen molar-refractivity contribution in [1.29, 1.82) is 0 Å². The predicted molar refractivity (Wildman–Crippen MR) is 60.1 cm³/mol. The summed E-state index contributed by atoms with van der Waals surface area (Å²) in [5.74, 6) is 0.326. The van der Waals surface area contributed by atoms with E-state index < -0.39 is 14.8 Å². The first-order chi connectivity index (χ1) is 6.79. The summed E-state index contributed by atoms with van der Waals surface area (Å²) in [5.41, 5.74) is 0. The first-order valence-electron chi connectivity index (χ1n) is 5.39. The minimum atomic E-state index is -3.18. The fraction of sp³-hybridized carbons (Fsp3) is 1.00. The molecule has 0 bridgehead atoms. The highest BCUT2D eigenvalue weighted by Crippen LogP contribution is 2.27. The Hall–Kier alpha value is -0.130. The number of nitrogens with zero attached hydrogens (tertiary/aromatic N) is 1. The summed E-state index contributed by atoms with van der Waals surface area (Å²) < 4.78 is 25.0. The Morgan fingerprint density at radius 3 is 2.47 bits per heavy atom. The van der Waals surface area contributed by atoms with Crippen molar-refractivity contribution in [3.05, 3.63) is 0 Å². The van der Waals surface area contributed by atoms with Crippen molar-refractivity contribution < 1.29 is 13.5 Å². The predicted octanol–water partition coefficient (Wildman–Crippen LogP) is 0.819. The molecule has 0 aromatic carbocycles. The Kier molecular flexibility index (Phi) is 3.79. The van der Waals surface area contributed by atoms with E-state index in [1.807, 2.05) is 0 Å². The van der Waals surface area contributed by atoms with E-state index >= 15 is 0 Å². The fourth-order valence-corrected chi connectivity index (χ4v) is 3.35. The van der Waals surface area contributed by atoms with Crippen LogP contribution in [-0.2, 0) is 10.0 Å². The van der Waals surface area contributed by atoms with Crippen molar-refractivity contribution >= 4 is 10.0 Å². The van der Waals surface area contributed by atoms with Crippen molar-refractivity contribution in [2.24, 2.45) is 5.92 Å². The van der Waals surface area contributed by atoms with Gasteiger partial charge in [-0.15, -0.1) is 0 Å². The van der Waals surface area contributed by atoms with Crippen LogP contribution < -0.4 is 0 Å². The van der Waals surface area contributed by atoms with E-state index in [2.05, 4.69) is 0 Å². The lowest BCUT2D eigenvalue weighted by Gasteiger charge is -2.26. The zero-order valence-corrected chi connectivity index (χ0v) is 10.5. The first kappa shape index (κ1) is 12.9. The van der Waals surface area contributed by atoms with Crippen LogP contribution in [0.1, 0.15) is 33.6 Å². The highest BCUT2D eigenvalue weighted by Gasteiger charge is 2.38. The van der Waals surface area contributed by atoms with Gasteiger partial charge in [-0.05, 0) is 39.5 Å². The van der Waals surface area contributed by atoms with Gasteiger partial charge in [0.2, 0.25) is 10.0 Å². The molecule has 1 atom stereocenters. The Bertz CT molecular complexity index is 305.